The molecule has 232 valence electrons. The minimum absolute atomic E-state index is 0.0913. The number of aromatic nitrogens is 2. The molecule has 7 aromatic carbocycles. The first-order chi connectivity index (χ1) is 24.0. The molecule has 1 aromatic heterocycles. The third-order valence-electron chi connectivity index (χ3n) is 10.1. The minimum Gasteiger partial charge on any atom is -0.228 e. The van der Waals surface area contributed by atoms with Crippen molar-refractivity contribution in [2.45, 2.75) is 19.3 Å². The van der Waals surface area contributed by atoms with Crippen LogP contribution in [0.15, 0.2) is 170 Å². The number of fused-ring (bicyclic) bond motifs is 5. The van der Waals surface area contributed by atoms with Crippen molar-refractivity contribution in [3.8, 4) is 67.3 Å². The predicted molar refractivity (Wildman–Crippen MR) is 204 cm³/mol. The van der Waals surface area contributed by atoms with E-state index in [9.17, 15) is 0 Å². The normalized spacial score (nSPS) is 12.9. The highest BCUT2D eigenvalue weighted by atomic mass is 14.9. The van der Waals surface area contributed by atoms with E-state index < -0.39 is 0 Å². The maximum absolute atomic E-state index is 5.10. The second-order valence-electron chi connectivity index (χ2n) is 13.4. The van der Waals surface area contributed by atoms with E-state index in [0.29, 0.717) is 0 Å². The molecule has 0 atom stereocenters. The lowest BCUT2D eigenvalue weighted by Crippen LogP contribution is -2.15. The van der Waals surface area contributed by atoms with Crippen molar-refractivity contribution in [2.75, 3.05) is 0 Å². The molecule has 0 radical (unpaired) electrons. The molecule has 1 aliphatic carbocycles. The van der Waals surface area contributed by atoms with E-state index in [1.807, 2.05) is 24.3 Å². The monoisotopic (exact) mass is 626 g/mol. The summed E-state index contributed by atoms with van der Waals surface area (Å²) < 4.78 is 0. The quantitative estimate of drug-likeness (QED) is 0.190. The van der Waals surface area contributed by atoms with Crippen molar-refractivity contribution in [1.29, 1.82) is 0 Å². The Hall–Kier alpha value is -6.12. The zero-order valence-corrected chi connectivity index (χ0v) is 27.6. The van der Waals surface area contributed by atoms with Gasteiger partial charge in [-0.15, -0.1) is 0 Å². The molecular formula is C47H34N2. The lowest BCUT2D eigenvalue weighted by molar-refractivity contribution is 0.666. The van der Waals surface area contributed by atoms with Gasteiger partial charge in [-0.2, -0.15) is 0 Å². The van der Waals surface area contributed by atoms with Crippen molar-refractivity contribution in [3.63, 3.8) is 0 Å². The van der Waals surface area contributed by atoms with E-state index in [-0.39, 0.29) is 5.41 Å². The smallest absolute Gasteiger partial charge is 0.160 e. The second kappa shape index (κ2) is 11.5. The molecule has 9 rings (SSSR count). The van der Waals surface area contributed by atoms with Crippen LogP contribution >= 0.6 is 0 Å². The van der Waals surface area contributed by atoms with Gasteiger partial charge in [0.2, 0.25) is 0 Å². The van der Waals surface area contributed by atoms with Gasteiger partial charge in [-0.05, 0) is 67.4 Å². The summed E-state index contributed by atoms with van der Waals surface area (Å²) in [5, 5.41) is 2.60. The van der Waals surface area contributed by atoms with Crippen molar-refractivity contribution in [3.05, 3.63) is 181 Å². The van der Waals surface area contributed by atoms with E-state index in [1.54, 1.807) is 0 Å². The van der Waals surface area contributed by atoms with Crippen LogP contribution in [0.1, 0.15) is 25.0 Å². The summed E-state index contributed by atoms with van der Waals surface area (Å²) in [5.41, 5.74) is 15.2. The van der Waals surface area contributed by atoms with E-state index in [4.69, 9.17) is 9.97 Å². The van der Waals surface area contributed by atoms with Crippen molar-refractivity contribution in [2.24, 2.45) is 0 Å². The number of rotatable bonds is 5. The summed E-state index contributed by atoms with van der Waals surface area (Å²) in [7, 11) is 0. The van der Waals surface area contributed by atoms with Gasteiger partial charge >= 0.3 is 0 Å². The molecule has 0 fully saturated rings. The SMILES string of the molecule is CC1(C)c2ccccc2-c2c(-c3ccc(-c4cc(-c5ccc(-c6ccccc6)cc5)nc(-c5ccccc5)n4)cc3)cc3ccccc3c21. The summed E-state index contributed by atoms with van der Waals surface area (Å²) in [6, 6.07) is 60.5. The fourth-order valence-electron chi connectivity index (χ4n) is 7.63. The first-order valence-electron chi connectivity index (χ1n) is 16.9. The molecular weight excluding hydrogens is 593 g/mol. The molecule has 0 N–H and O–H groups in total. The number of benzene rings is 7. The summed E-state index contributed by atoms with van der Waals surface area (Å²) in [4.78, 5) is 10.2. The molecule has 0 amide bonds. The highest BCUT2D eigenvalue weighted by molar-refractivity contribution is 6.04. The second-order valence-corrected chi connectivity index (χ2v) is 13.4. The van der Waals surface area contributed by atoms with Crippen molar-refractivity contribution in [1.82, 2.24) is 9.97 Å². The Balaban J connectivity index is 1.16. The first kappa shape index (κ1) is 29.1. The van der Waals surface area contributed by atoms with Crippen LogP contribution in [0.2, 0.25) is 0 Å². The van der Waals surface area contributed by atoms with Gasteiger partial charge in [-0.25, -0.2) is 9.97 Å². The van der Waals surface area contributed by atoms with Crippen molar-refractivity contribution < 1.29 is 0 Å². The maximum Gasteiger partial charge on any atom is 0.160 e. The van der Waals surface area contributed by atoms with Crippen molar-refractivity contribution >= 4 is 10.8 Å². The number of hydrogen-bond acceptors (Lipinski definition) is 2. The van der Waals surface area contributed by atoms with Gasteiger partial charge < -0.3 is 0 Å². The standard InChI is InChI=1S/C47H34N2/c1-47(2)41-20-12-11-19-39(41)44-40(29-37-17-9-10-18-38(37)45(44)47)33-23-27-35(28-24-33)43-30-42(48-46(49-43)36-15-7-4-8-16-36)34-25-21-32(22-26-34)31-13-5-3-6-14-31/h3-30H,1-2H3. The Morgan fingerprint density at radius 1 is 0.408 bits per heavy atom. The Bertz CT molecular complexity index is 2480. The van der Waals surface area contributed by atoms with Crippen LogP contribution < -0.4 is 0 Å². The lowest BCUT2D eigenvalue weighted by atomic mass is 9.79. The molecule has 0 unspecified atom stereocenters. The Labute approximate surface area is 287 Å². The molecule has 2 nitrogen and oxygen atoms in total. The van der Waals surface area contributed by atoms with Gasteiger partial charge in [0.1, 0.15) is 0 Å². The third-order valence-corrected chi connectivity index (χ3v) is 10.1. The van der Waals surface area contributed by atoms with E-state index in [1.165, 1.54) is 55.3 Å². The van der Waals surface area contributed by atoms with Gasteiger partial charge in [0.15, 0.2) is 5.82 Å². The Morgan fingerprint density at radius 3 is 1.59 bits per heavy atom. The van der Waals surface area contributed by atoms with Crippen LogP contribution in [0, 0.1) is 0 Å². The average molecular weight is 627 g/mol. The van der Waals surface area contributed by atoms with Crippen LogP contribution in [0.5, 0.6) is 0 Å². The molecule has 2 heteroatoms. The van der Waals surface area contributed by atoms with E-state index in [0.717, 1.165) is 33.9 Å². The Kier molecular flexibility index (Phi) is 6.84. The topological polar surface area (TPSA) is 25.8 Å². The molecule has 0 aliphatic heterocycles. The summed E-state index contributed by atoms with van der Waals surface area (Å²) in [6.45, 7) is 4.73. The molecule has 0 saturated carbocycles. The fraction of sp³-hybridized carbons (Fsp3) is 0.0638. The molecule has 0 saturated heterocycles. The number of nitrogens with zero attached hydrogens (tertiary/aromatic N) is 2. The van der Waals surface area contributed by atoms with Gasteiger partial charge in [0.05, 0.1) is 11.4 Å². The predicted octanol–water partition coefficient (Wildman–Crippen LogP) is 12.3. The summed E-state index contributed by atoms with van der Waals surface area (Å²) >= 11 is 0. The Morgan fingerprint density at radius 2 is 0.918 bits per heavy atom. The van der Waals surface area contributed by atoms with Gasteiger partial charge in [0, 0.05) is 22.1 Å². The molecule has 0 spiro atoms. The molecule has 1 heterocycles. The molecule has 0 bridgehead atoms. The summed E-state index contributed by atoms with van der Waals surface area (Å²) in [6.07, 6.45) is 0. The average Bonchev–Trinajstić information content (AvgIpc) is 3.42. The zero-order valence-electron chi connectivity index (χ0n) is 27.6. The van der Waals surface area contributed by atoms with Crippen LogP contribution in [-0.4, -0.2) is 9.97 Å². The van der Waals surface area contributed by atoms with Gasteiger partial charge in [0.25, 0.3) is 0 Å². The van der Waals surface area contributed by atoms with E-state index in [2.05, 4.69) is 159 Å². The largest absolute Gasteiger partial charge is 0.228 e. The summed E-state index contributed by atoms with van der Waals surface area (Å²) in [5.74, 6) is 0.718. The third kappa shape index (κ3) is 4.96. The van der Waals surface area contributed by atoms with Crippen LogP contribution in [0.3, 0.4) is 0 Å². The molecule has 1 aliphatic rings. The first-order valence-corrected chi connectivity index (χ1v) is 16.9. The van der Waals surface area contributed by atoms with E-state index >= 15 is 0 Å². The fourth-order valence-corrected chi connectivity index (χ4v) is 7.63. The minimum atomic E-state index is -0.0913. The lowest BCUT2D eigenvalue weighted by Gasteiger charge is -2.24. The highest BCUT2D eigenvalue weighted by Crippen LogP contribution is 2.54. The zero-order chi connectivity index (χ0) is 33.0. The van der Waals surface area contributed by atoms with Gasteiger partial charge in [-0.1, -0.05) is 172 Å². The highest BCUT2D eigenvalue weighted by Gasteiger charge is 2.38. The van der Waals surface area contributed by atoms with Gasteiger partial charge in [-0.3, -0.25) is 0 Å². The molecule has 8 aromatic rings. The van der Waals surface area contributed by atoms with Crippen LogP contribution in [0.4, 0.5) is 0 Å². The van der Waals surface area contributed by atoms with Crippen LogP contribution in [0.25, 0.3) is 78.1 Å². The number of hydrogen-bond donors (Lipinski definition) is 0. The molecule has 49 heavy (non-hydrogen) atoms. The maximum atomic E-state index is 5.10. The van der Waals surface area contributed by atoms with Crippen LogP contribution in [-0.2, 0) is 5.41 Å².